The predicted octanol–water partition coefficient (Wildman–Crippen LogP) is 5.64. The van der Waals surface area contributed by atoms with E-state index in [1.54, 1.807) is 20.4 Å². The van der Waals surface area contributed by atoms with E-state index in [-0.39, 0.29) is 0 Å². The van der Waals surface area contributed by atoms with Crippen molar-refractivity contribution in [2.24, 2.45) is 0 Å². The molecule has 0 N–H and O–H groups in total. The summed E-state index contributed by atoms with van der Waals surface area (Å²) in [5, 5.41) is 4.43. The second kappa shape index (κ2) is 9.26. The Balaban J connectivity index is 1.76. The lowest BCUT2D eigenvalue weighted by atomic mass is 10.2. The Bertz CT molecular complexity index is 1200. The number of ether oxygens (including phenoxy) is 2. The van der Waals surface area contributed by atoms with E-state index in [9.17, 15) is 0 Å². The third kappa shape index (κ3) is 4.37. The molecule has 2 heterocycles. The van der Waals surface area contributed by atoms with Crippen molar-refractivity contribution < 1.29 is 9.47 Å². The van der Waals surface area contributed by atoms with Crippen LogP contribution in [-0.2, 0) is 0 Å². The zero-order valence-electron chi connectivity index (χ0n) is 19.2. The van der Waals surface area contributed by atoms with Crippen molar-refractivity contribution in [2.45, 2.75) is 33.2 Å². The molecule has 0 unspecified atom stereocenters. The topological polar surface area (TPSA) is 65.3 Å². The maximum atomic E-state index is 5.48. The first-order valence-corrected chi connectivity index (χ1v) is 10.8. The molecule has 7 heteroatoms. The number of anilines is 2. The van der Waals surface area contributed by atoms with Gasteiger partial charge >= 0.3 is 0 Å². The van der Waals surface area contributed by atoms with Crippen LogP contribution in [0.5, 0.6) is 11.5 Å². The highest BCUT2D eigenvalue weighted by atomic mass is 16.5. The fraction of sp³-hybridized carbons (Fsp3) is 0.320. The maximum Gasteiger partial charge on any atom is 0.124 e. The summed E-state index contributed by atoms with van der Waals surface area (Å²) in [7, 11) is 3.33. The molecule has 0 atom stereocenters. The van der Waals surface area contributed by atoms with Crippen molar-refractivity contribution >= 4 is 22.4 Å². The lowest BCUT2D eigenvalue weighted by Gasteiger charge is -2.25. The Hall–Kier alpha value is -3.61. The van der Waals surface area contributed by atoms with Crippen molar-refractivity contribution in [3.8, 4) is 22.8 Å². The Morgan fingerprint density at radius 2 is 1.69 bits per heavy atom. The summed E-state index contributed by atoms with van der Waals surface area (Å²) in [5.74, 6) is 1.51. The summed E-state index contributed by atoms with van der Waals surface area (Å²) in [4.78, 5) is 11.8. The summed E-state index contributed by atoms with van der Waals surface area (Å²) < 4.78 is 12.9. The first-order valence-electron chi connectivity index (χ1n) is 10.8. The van der Waals surface area contributed by atoms with E-state index in [2.05, 4.69) is 47.9 Å². The minimum Gasteiger partial charge on any atom is -0.497 e. The van der Waals surface area contributed by atoms with Gasteiger partial charge in [-0.05, 0) is 38.5 Å². The number of fused-ring (bicyclic) bond motifs is 1. The molecule has 4 aromatic rings. The number of methoxy groups -OCH3 is 2. The molecule has 166 valence electrons. The second-order valence-corrected chi connectivity index (χ2v) is 7.95. The van der Waals surface area contributed by atoms with Crippen LogP contribution in [0.15, 0.2) is 55.0 Å². The van der Waals surface area contributed by atoms with Gasteiger partial charge in [-0.2, -0.15) is 5.10 Å². The highest BCUT2D eigenvalue weighted by Crippen LogP contribution is 2.34. The van der Waals surface area contributed by atoms with Gasteiger partial charge in [-0.25, -0.2) is 4.98 Å². The van der Waals surface area contributed by atoms with E-state index in [0.717, 1.165) is 58.1 Å². The van der Waals surface area contributed by atoms with Gasteiger partial charge in [0.05, 0.1) is 43.3 Å². The fourth-order valence-corrected chi connectivity index (χ4v) is 3.64. The fourth-order valence-electron chi connectivity index (χ4n) is 3.64. The van der Waals surface area contributed by atoms with Gasteiger partial charge in [0, 0.05) is 53.9 Å². The first-order chi connectivity index (χ1) is 15.5. The molecule has 0 bridgehead atoms. The van der Waals surface area contributed by atoms with Crippen LogP contribution in [0.4, 0.5) is 11.4 Å². The van der Waals surface area contributed by atoms with Gasteiger partial charge in [-0.3, -0.25) is 9.67 Å². The molecule has 0 saturated heterocycles. The molecule has 0 saturated carbocycles. The van der Waals surface area contributed by atoms with Crippen LogP contribution >= 0.6 is 0 Å². The molecule has 7 nitrogen and oxygen atoms in total. The Morgan fingerprint density at radius 1 is 0.938 bits per heavy atom. The summed E-state index contributed by atoms with van der Waals surface area (Å²) in [5.41, 5.74) is 5.51. The van der Waals surface area contributed by atoms with E-state index in [0.29, 0.717) is 6.04 Å². The van der Waals surface area contributed by atoms with Crippen LogP contribution in [0.25, 0.3) is 22.3 Å². The van der Waals surface area contributed by atoms with Crippen molar-refractivity contribution in [3.05, 3.63) is 55.0 Å². The van der Waals surface area contributed by atoms with Crippen LogP contribution in [0.2, 0.25) is 0 Å². The quantitative estimate of drug-likeness (QED) is 0.360. The van der Waals surface area contributed by atoms with Gasteiger partial charge in [-0.15, -0.1) is 0 Å². The Kier molecular flexibility index (Phi) is 6.25. The van der Waals surface area contributed by atoms with Gasteiger partial charge in [0.25, 0.3) is 0 Å². The number of hydrogen-bond donors (Lipinski definition) is 0. The van der Waals surface area contributed by atoms with Crippen molar-refractivity contribution in [1.82, 2.24) is 19.7 Å². The molecule has 0 aliphatic carbocycles. The molecule has 32 heavy (non-hydrogen) atoms. The summed E-state index contributed by atoms with van der Waals surface area (Å²) in [6, 6.07) is 12.4. The van der Waals surface area contributed by atoms with Crippen LogP contribution in [-0.4, -0.2) is 40.5 Å². The molecular weight excluding hydrogens is 402 g/mol. The lowest BCUT2D eigenvalue weighted by Crippen LogP contribution is -2.18. The molecule has 0 aliphatic rings. The van der Waals surface area contributed by atoms with Crippen LogP contribution in [0, 0.1) is 0 Å². The first kappa shape index (κ1) is 21.6. The van der Waals surface area contributed by atoms with E-state index >= 15 is 0 Å². The number of nitrogens with zero attached hydrogens (tertiary/aromatic N) is 5. The Labute approximate surface area is 188 Å². The van der Waals surface area contributed by atoms with E-state index in [1.165, 1.54) is 0 Å². The minimum absolute atomic E-state index is 0.297. The lowest BCUT2D eigenvalue weighted by molar-refractivity contribution is 0.394. The van der Waals surface area contributed by atoms with Gasteiger partial charge in [0.2, 0.25) is 0 Å². The summed E-state index contributed by atoms with van der Waals surface area (Å²) in [6.07, 6.45) is 6.64. The van der Waals surface area contributed by atoms with Gasteiger partial charge in [0.15, 0.2) is 0 Å². The molecule has 0 fully saturated rings. The minimum atomic E-state index is 0.297. The van der Waals surface area contributed by atoms with E-state index < -0.39 is 0 Å². The molecule has 2 aromatic carbocycles. The molecule has 2 aromatic heterocycles. The van der Waals surface area contributed by atoms with E-state index in [1.807, 2.05) is 41.3 Å². The molecular formula is C25H29N5O2. The zero-order valence-corrected chi connectivity index (χ0v) is 19.2. The molecule has 0 aliphatic heterocycles. The smallest absolute Gasteiger partial charge is 0.124 e. The summed E-state index contributed by atoms with van der Waals surface area (Å²) >= 11 is 0. The normalized spacial score (nSPS) is 11.2. The third-order valence-corrected chi connectivity index (χ3v) is 5.36. The van der Waals surface area contributed by atoms with Crippen LogP contribution in [0.1, 0.15) is 33.2 Å². The van der Waals surface area contributed by atoms with Gasteiger partial charge in [0.1, 0.15) is 11.5 Å². The second-order valence-electron chi connectivity index (χ2n) is 7.95. The molecule has 0 spiro atoms. The average molecular weight is 432 g/mol. The Morgan fingerprint density at radius 3 is 2.31 bits per heavy atom. The monoisotopic (exact) mass is 431 g/mol. The van der Waals surface area contributed by atoms with Crippen LogP contribution < -0.4 is 14.4 Å². The maximum absolute atomic E-state index is 5.48. The number of hydrogen-bond acceptors (Lipinski definition) is 6. The summed E-state index contributed by atoms with van der Waals surface area (Å²) in [6.45, 7) is 7.21. The van der Waals surface area contributed by atoms with Gasteiger partial charge in [-0.1, -0.05) is 6.92 Å². The van der Waals surface area contributed by atoms with E-state index in [4.69, 9.17) is 14.5 Å². The molecule has 4 rings (SSSR count). The number of benzene rings is 2. The van der Waals surface area contributed by atoms with Crippen molar-refractivity contribution in [1.29, 1.82) is 0 Å². The zero-order chi connectivity index (χ0) is 22.7. The highest BCUT2D eigenvalue weighted by Gasteiger charge is 2.14. The average Bonchev–Trinajstić information content (AvgIpc) is 3.32. The number of aromatic nitrogens is 4. The molecule has 0 amide bonds. The van der Waals surface area contributed by atoms with Gasteiger partial charge < -0.3 is 14.4 Å². The SMILES string of the molecule is CCCN(c1cc(OC)cc(OC)c1)c1ccc2ncc(-c3cnn(C(C)C)c3)nc2c1. The molecule has 0 radical (unpaired) electrons. The van der Waals surface area contributed by atoms with Crippen molar-refractivity contribution in [2.75, 3.05) is 25.7 Å². The largest absolute Gasteiger partial charge is 0.497 e. The third-order valence-electron chi connectivity index (χ3n) is 5.36. The highest BCUT2D eigenvalue weighted by molar-refractivity contribution is 5.82. The number of rotatable bonds is 8. The predicted molar refractivity (Wildman–Crippen MR) is 128 cm³/mol. The van der Waals surface area contributed by atoms with Crippen molar-refractivity contribution in [3.63, 3.8) is 0 Å². The van der Waals surface area contributed by atoms with Crippen LogP contribution in [0.3, 0.4) is 0 Å². The standard InChI is InChI=1S/C25H29N5O2/c1-6-9-29(20-10-21(31-4)13-22(11-20)32-5)19-7-8-23-24(12-19)28-25(15-26-23)18-14-27-30(16-18)17(2)3/h7-8,10-17H,6,9H2,1-5H3.